The van der Waals surface area contributed by atoms with Crippen LogP contribution in [0.25, 0.3) is 11.4 Å². The molecule has 0 amide bonds. The van der Waals surface area contributed by atoms with Gasteiger partial charge in [-0.25, -0.2) is 4.98 Å². The number of ether oxygens (including phenoxy) is 1. The number of carbonyl (C=O) groups is 1. The largest absolute Gasteiger partial charge is 0.493 e. The molecule has 5 heteroatoms. The van der Waals surface area contributed by atoms with E-state index in [1.807, 2.05) is 39.0 Å². The van der Waals surface area contributed by atoms with Crippen LogP contribution in [0.4, 0.5) is 0 Å². The quantitative estimate of drug-likeness (QED) is 0.613. The van der Waals surface area contributed by atoms with Crippen LogP contribution in [0.1, 0.15) is 54.7 Å². The third-order valence-corrected chi connectivity index (χ3v) is 4.35. The van der Waals surface area contributed by atoms with Crippen molar-refractivity contribution in [3.8, 4) is 17.1 Å². The van der Waals surface area contributed by atoms with E-state index in [1.165, 1.54) is 6.07 Å². The molecule has 0 spiro atoms. The van der Waals surface area contributed by atoms with Crippen molar-refractivity contribution in [1.29, 1.82) is 0 Å². The molecule has 0 aliphatic rings. The number of carbonyl (C=O) groups excluding carboxylic acids is 1. The Hall–Kier alpha value is -3.21. The number of hydrogen-bond acceptors (Lipinski definition) is 4. The normalized spacial score (nSPS) is 10.9. The van der Waals surface area contributed by atoms with Crippen molar-refractivity contribution in [2.45, 2.75) is 33.1 Å². The highest BCUT2D eigenvalue weighted by Crippen LogP contribution is 2.30. The molecule has 0 aliphatic heterocycles. The van der Waals surface area contributed by atoms with Crippen molar-refractivity contribution in [2.75, 3.05) is 6.61 Å². The first-order valence-corrected chi connectivity index (χ1v) is 9.47. The number of hydrogen-bond donors (Lipinski definition) is 1. The van der Waals surface area contributed by atoms with Gasteiger partial charge in [0.25, 0.3) is 5.56 Å². The van der Waals surface area contributed by atoms with Gasteiger partial charge in [-0.05, 0) is 30.5 Å². The average molecular weight is 376 g/mol. The second-order valence-corrected chi connectivity index (χ2v) is 6.93. The molecule has 5 nitrogen and oxygen atoms in total. The molecule has 0 radical (unpaired) electrons. The first kappa shape index (κ1) is 19.5. The summed E-state index contributed by atoms with van der Waals surface area (Å²) < 4.78 is 5.85. The van der Waals surface area contributed by atoms with Crippen molar-refractivity contribution >= 4 is 5.78 Å². The Kier molecular flexibility index (Phi) is 6.04. The van der Waals surface area contributed by atoms with E-state index in [2.05, 4.69) is 9.97 Å². The summed E-state index contributed by atoms with van der Waals surface area (Å²) in [6.07, 6.45) is 0.847. The zero-order valence-corrected chi connectivity index (χ0v) is 16.4. The summed E-state index contributed by atoms with van der Waals surface area (Å²) in [5.41, 5.74) is 2.19. The van der Waals surface area contributed by atoms with Gasteiger partial charge in [0, 0.05) is 17.2 Å². The van der Waals surface area contributed by atoms with Gasteiger partial charge in [0.1, 0.15) is 11.6 Å². The number of H-pyrrole nitrogens is 1. The maximum Gasteiger partial charge on any atom is 0.251 e. The summed E-state index contributed by atoms with van der Waals surface area (Å²) >= 11 is 0. The molecule has 144 valence electrons. The highest BCUT2D eigenvalue weighted by Gasteiger charge is 2.16. The van der Waals surface area contributed by atoms with Gasteiger partial charge in [-0.2, -0.15) is 0 Å². The zero-order chi connectivity index (χ0) is 20.1. The van der Waals surface area contributed by atoms with Crippen molar-refractivity contribution < 1.29 is 9.53 Å². The van der Waals surface area contributed by atoms with E-state index >= 15 is 0 Å². The van der Waals surface area contributed by atoms with Crippen molar-refractivity contribution in [3.63, 3.8) is 0 Å². The maximum absolute atomic E-state index is 12.9. The van der Waals surface area contributed by atoms with Crippen LogP contribution in [0.3, 0.4) is 0 Å². The Morgan fingerprint density at radius 1 is 1.07 bits per heavy atom. The van der Waals surface area contributed by atoms with Crippen LogP contribution in [0, 0.1) is 0 Å². The minimum Gasteiger partial charge on any atom is -0.493 e. The molecular formula is C23H24N2O3. The van der Waals surface area contributed by atoms with Crippen molar-refractivity contribution in [2.24, 2.45) is 0 Å². The molecular weight excluding hydrogens is 352 g/mol. The maximum atomic E-state index is 12.9. The molecule has 0 fully saturated rings. The third kappa shape index (κ3) is 4.36. The van der Waals surface area contributed by atoms with Gasteiger partial charge in [-0.15, -0.1) is 0 Å². The smallest absolute Gasteiger partial charge is 0.251 e. The third-order valence-electron chi connectivity index (χ3n) is 4.35. The van der Waals surface area contributed by atoms with Crippen LogP contribution in [0.5, 0.6) is 5.75 Å². The van der Waals surface area contributed by atoms with Crippen LogP contribution in [-0.4, -0.2) is 22.4 Å². The number of benzene rings is 2. The van der Waals surface area contributed by atoms with Gasteiger partial charge in [0.15, 0.2) is 5.78 Å². The van der Waals surface area contributed by atoms with E-state index in [4.69, 9.17) is 4.74 Å². The highest BCUT2D eigenvalue weighted by atomic mass is 16.5. The van der Waals surface area contributed by atoms with Crippen LogP contribution in [-0.2, 0) is 0 Å². The summed E-state index contributed by atoms with van der Waals surface area (Å²) in [4.78, 5) is 32.4. The average Bonchev–Trinajstić information content (AvgIpc) is 2.71. The molecule has 0 saturated carbocycles. The van der Waals surface area contributed by atoms with Gasteiger partial charge in [0.2, 0.25) is 0 Å². The number of nitrogens with one attached hydrogen (secondary N) is 1. The van der Waals surface area contributed by atoms with Gasteiger partial charge in [-0.1, -0.05) is 51.1 Å². The molecule has 0 aliphatic carbocycles. The molecule has 1 aromatic heterocycles. The Labute approximate surface area is 164 Å². The molecule has 0 unspecified atom stereocenters. The molecule has 3 rings (SSSR count). The van der Waals surface area contributed by atoms with E-state index < -0.39 is 0 Å². The first-order valence-electron chi connectivity index (χ1n) is 9.47. The summed E-state index contributed by atoms with van der Waals surface area (Å²) in [6.45, 7) is 6.52. The molecule has 28 heavy (non-hydrogen) atoms. The lowest BCUT2D eigenvalue weighted by atomic mass is 10.0. The molecule has 0 saturated heterocycles. The molecule has 3 aromatic rings. The standard InChI is InChI=1S/C23H24N2O3/c1-4-12-28-20-11-10-17(22(27)16-8-6-5-7-9-16)13-18(20)23-24-19(15(2)3)14-21(26)25-23/h5-11,13-15H,4,12H2,1-3H3,(H,24,25,26). The van der Waals surface area contributed by atoms with E-state index in [1.54, 1.807) is 30.3 Å². The predicted molar refractivity (Wildman–Crippen MR) is 110 cm³/mol. The van der Waals surface area contributed by atoms with E-state index in [-0.39, 0.29) is 17.3 Å². The summed E-state index contributed by atoms with van der Waals surface area (Å²) in [6, 6.07) is 15.8. The van der Waals surface area contributed by atoms with Gasteiger partial charge in [-0.3, -0.25) is 9.59 Å². The van der Waals surface area contributed by atoms with Gasteiger partial charge >= 0.3 is 0 Å². The fraction of sp³-hybridized carbons (Fsp3) is 0.261. The number of aromatic amines is 1. The van der Waals surface area contributed by atoms with Crippen molar-refractivity contribution in [3.05, 3.63) is 81.8 Å². The second kappa shape index (κ2) is 8.65. The van der Waals surface area contributed by atoms with E-state index in [9.17, 15) is 9.59 Å². The van der Waals surface area contributed by atoms with Crippen molar-refractivity contribution in [1.82, 2.24) is 9.97 Å². The van der Waals surface area contributed by atoms with Crippen LogP contribution >= 0.6 is 0 Å². The molecule has 1 N–H and O–H groups in total. The number of rotatable bonds is 7. The number of aromatic nitrogens is 2. The van der Waals surface area contributed by atoms with Crippen LogP contribution in [0.15, 0.2) is 59.4 Å². The van der Waals surface area contributed by atoms with Crippen LogP contribution in [0.2, 0.25) is 0 Å². The number of ketones is 1. The van der Waals surface area contributed by atoms with Gasteiger partial charge in [0.05, 0.1) is 17.9 Å². The Morgan fingerprint density at radius 3 is 2.50 bits per heavy atom. The molecule has 0 bridgehead atoms. The lowest BCUT2D eigenvalue weighted by Crippen LogP contribution is -2.12. The van der Waals surface area contributed by atoms with Crippen LogP contribution < -0.4 is 10.3 Å². The summed E-state index contributed by atoms with van der Waals surface area (Å²) in [5, 5.41) is 0. The Morgan fingerprint density at radius 2 is 1.82 bits per heavy atom. The minimum absolute atomic E-state index is 0.0914. The first-order chi connectivity index (χ1) is 13.5. The minimum atomic E-state index is -0.227. The lowest BCUT2D eigenvalue weighted by molar-refractivity contribution is 0.103. The zero-order valence-electron chi connectivity index (χ0n) is 16.4. The SMILES string of the molecule is CCCOc1ccc(C(=O)c2ccccc2)cc1-c1nc(C(C)C)cc(=O)[nH]1. The Bertz CT molecular complexity index is 1020. The fourth-order valence-corrected chi connectivity index (χ4v) is 2.85. The lowest BCUT2D eigenvalue weighted by Gasteiger charge is -2.13. The highest BCUT2D eigenvalue weighted by molar-refractivity contribution is 6.09. The monoisotopic (exact) mass is 376 g/mol. The van der Waals surface area contributed by atoms with E-state index in [0.717, 1.165) is 6.42 Å². The second-order valence-electron chi connectivity index (χ2n) is 6.93. The molecule has 1 heterocycles. The fourth-order valence-electron chi connectivity index (χ4n) is 2.85. The summed E-state index contributed by atoms with van der Waals surface area (Å²) in [5.74, 6) is 1.02. The molecule has 0 atom stereocenters. The topological polar surface area (TPSA) is 72.0 Å². The molecule has 2 aromatic carbocycles. The van der Waals surface area contributed by atoms with Gasteiger partial charge < -0.3 is 9.72 Å². The summed E-state index contributed by atoms with van der Waals surface area (Å²) in [7, 11) is 0. The predicted octanol–water partition coefficient (Wildman–Crippen LogP) is 4.58. The van der Waals surface area contributed by atoms with E-state index in [0.29, 0.717) is 40.6 Å². The number of nitrogens with zero attached hydrogens (tertiary/aromatic N) is 1. The Balaban J connectivity index is 2.12.